The van der Waals surface area contributed by atoms with Gasteiger partial charge >= 0.3 is 11.9 Å². The Morgan fingerprint density at radius 3 is 2.48 bits per heavy atom. The molecule has 2 rings (SSSR count). The molecule has 0 radical (unpaired) electrons. The predicted octanol–water partition coefficient (Wildman–Crippen LogP) is 3.83. The van der Waals surface area contributed by atoms with E-state index in [-0.39, 0.29) is 11.3 Å². The number of carboxylic acids is 1. The van der Waals surface area contributed by atoms with Crippen molar-refractivity contribution in [3.05, 3.63) is 58.1 Å². The summed E-state index contributed by atoms with van der Waals surface area (Å²) in [6.07, 6.45) is -0.874. The fourth-order valence-corrected chi connectivity index (χ4v) is 2.24. The normalized spacial score (nSPS) is 11.6. The molecule has 1 atom stereocenters. The van der Waals surface area contributed by atoms with Crippen LogP contribution >= 0.6 is 15.9 Å². The van der Waals surface area contributed by atoms with Gasteiger partial charge in [0.2, 0.25) is 0 Å². The highest BCUT2D eigenvalue weighted by Gasteiger charge is 2.21. The van der Waals surface area contributed by atoms with Crippen molar-refractivity contribution in [1.82, 2.24) is 0 Å². The molecule has 0 bridgehead atoms. The lowest BCUT2D eigenvalue weighted by atomic mass is 10.2. The Kier molecular flexibility index (Phi) is 5.39. The van der Waals surface area contributed by atoms with Crippen LogP contribution in [0, 0.1) is 6.92 Å². The second-order valence-electron chi connectivity index (χ2n) is 4.89. The number of halogens is 1. The van der Waals surface area contributed by atoms with Crippen molar-refractivity contribution in [3.63, 3.8) is 0 Å². The Morgan fingerprint density at radius 2 is 1.83 bits per heavy atom. The zero-order valence-corrected chi connectivity index (χ0v) is 14.2. The first-order valence-electron chi connectivity index (χ1n) is 6.85. The van der Waals surface area contributed by atoms with Crippen LogP contribution in [0.15, 0.2) is 46.9 Å². The Labute approximate surface area is 142 Å². The first-order valence-corrected chi connectivity index (χ1v) is 7.64. The molecule has 0 saturated carbocycles. The third-order valence-electron chi connectivity index (χ3n) is 3.11. The zero-order valence-electron chi connectivity index (χ0n) is 12.6. The standard InChI is InChI=1S/C17H15BrO5/c1-10-5-3-4-6-14(10)22-11(2)17(21)23-15-8-7-12(18)9-13(15)16(19)20/h3-9,11H,1-2H3,(H,19,20). The molecule has 0 fully saturated rings. The molecule has 0 saturated heterocycles. The van der Waals surface area contributed by atoms with Crippen LogP contribution in [-0.4, -0.2) is 23.1 Å². The van der Waals surface area contributed by atoms with Gasteiger partial charge in [-0.1, -0.05) is 34.1 Å². The van der Waals surface area contributed by atoms with Crippen molar-refractivity contribution < 1.29 is 24.2 Å². The second-order valence-corrected chi connectivity index (χ2v) is 5.81. The minimum Gasteiger partial charge on any atom is -0.479 e. The van der Waals surface area contributed by atoms with Crippen LogP contribution in [0.1, 0.15) is 22.8 Å². The van der Waals surface area contributed by atoms with Gasteiger partial charge in [-0.3, -0.25) is 0 Å². The van der Waals surface area contributed by atoms with Crippen LogP contribution in [0.5, 0.6) is 11.5 Å². The van der Waals surface area contributed by atoms with E-state index in [0.717, 1.165) is 5.56 Å². The number of aromatic carboxylic acids is 1. The van der Waals surface area contributed by atoms with Gasteiger partial charge in [0, 0.05) is 4.47 Å². The van der Waals surface area contributed by atoms with Gasteiger partial charge in [0.25, 0.3) is 0 Å². The number of hydrogen-bond acceptors (Lipinski definition) is 4. The molecule has 1 unspecified atom stereocenters. The molecule has 0 heterocycles. The lowest BCUT2D eigenvalue weighted by Gasteiger charge is -2.16. The summed E-state index contributed by atoms with van der Waals surface area (Å²) < 4.78 is 11.3. The van der Waals surface area contributed by atoms with Gasteiger partial charge in [0.1, 0.15) is 17.1 Å². The SMILES string of the molecule is Cc1ccccc1OC(C)C(=O)Oc1ccc(Br)cc1C(=O)O. The summed E-state index contributed by atoms with van der Waals surface area (Å²) in [5, 5.41) is 9.17. The van der Waals surface area contributed by atoms with Crippen molar-refractivity contribution in [2.45, 2.75) is 20.0 Å². The molecule has 23 heavy (non-hydrogen) atoms. The summed E-state index contributed by atoms with van der Waals surface area (Å²) in [6.45, 7) is 3.42. The third-order valence-corrected chi connectivity index (χ3v) is 3.61. The maximum atomic E-state index is 12.1. The Hall–Kier alpha value is -2.34. The van der Waals surface area contributed by atoms with Crippen LogP contribution in [0.4, 0.5) is 0 Å². The highest BCUT2D eigenvalue weighted by Crippen LogP contribution is 2.24. The number of rotatable bonds is 5. The van der Waals surface area contributed by atoms with E-state index in [9.17, 15) is 9.59 Å². The van der Waals surface area contributed by atoms with E-state index in [4.69, 9.17) is 14.6 Å². The molecule has 120 valence electrons. The third kappa shape index (κ3) is 4.32. The molecule has 0 aliphatic rings. The zero-order chi connectivity index (χ0) is 17.0. The fraction of sp³-hybridized carbons (Fsp3) is 0.176. The van der Waals surface area contributed by atoms with Gasteiger partial charge in [0.05, 0.1) is 0 Å². The maximum absolute atomic E-state index is 12.1. The van der Waals surface area contributed by atoms with E-state index in [1.54, 1.807) is 25.1 Å². The van der Waals surface area contributed by atoms with E-state index in [2.05, 4.69) is 15.9 Å². The highest BCUT2D eigenvalue weighted by atomic mass is 79.9. The van der Waals surface area contributed by atoms with Gasteiger partial charge in [-0.15, -0.1) is 0 Å². The van der Waals surface area contributed by atoms with Crippen molar-refractivity contribution in [1.29, 1.82) is 0 Å². The minimum absolute atomic E-state index is 0.0223. The van der Waals surface area contributed by atoms with Gasteiger partial charge in [-0.05, 0) is 43.7 Å². The van der Waals surface area contributed by atoms with Crippen LogP contribution in [-0.2, 0) is 4.79 Å². The summed E-state index contributed by atoms with van der Waals surface area (Å²) in [5.74, 6) is -1.29. The van der Waals surface area contributed by atoms with Crippen LogP contribution in [0.25, 0.3) is 0 Å². The van der Waals surface area contributed by atoms with Crippen LogP contribution in [0.2, 0.25) is 0 Å². The number of ether oxygens (including phenoxy) is 2. The van der Waals surface area contributed by atoms with Crippen LogP contribution in [0.3, 0.4) is 0 Å². The molecule has 0 amide bonds. The van der Waals surface area contributed by atoms with Gasteiger partial charge in [-0.25, -0.2) is 9.59 Å². The lowest BCUT2D eigenvalue weighted by molar-refractivity contribution is -0.141. The van der Waals surface area contributed by atoms with Gasteiger partial charge in [-0.2, -0.15) is 0 Å². The number of carbonyl (C=O) groups excluding carboxylic acids is 1. The lowest BCUT2D eigenvalue weighted by Crippen LogP contribution is -2.29. The number of aryl methyl sites for hydroxylation is 1. The highest BCUT2D eigenvalue weighted by molar-refractivity contribution is 9.10. The number of hydrogen-bond donors (Lipinski definition) is 1. The molecule has 2 aromatic carbocycles. The van der Waals surface area contributed by atoms with Crippen molar-refractivity contribution >= 4 is 27.9 Å². The maximum Gasteiger partial charge on any atom is 0.352 e. The minimum atomic E-state index is -1.18. The molecular formula is C17H15BrO5. The second kappa shape index (κ2) is 7.28. The summed E-state index contributed by atoms with van der Waals surface area (Å²) >= 11 is 3.18. The molecule has 0 spiro atoms. The molecule has 2 aromatic rings. The molecule has 6 heteroatoms. The molecule has 0 aliphatic carbocycles. The fourth-order valence-electron chi connectivity index (χ4n) is 1.88. The number of benzene rings is 2. The van der Waals surface area contributed by atoms with Gasteiger partial charge < -0.3 is 14.6 Å². The van der Waals surface area contributed by atoms with E-state index in [0.29, 0.717) is 10.2 Å². The molecule has 5 nitrogen and oxygen atoms in total. The van der Waals surface area contributed by atoms with Crippen molar-refractivity contribution in [3.8, 4) is 11.5 Å². The summed E-state index contributed by atoms with van der Waals surface area (Å²) in [5.41, 5.74) is 0.790. The molecular weight excluding hydrogens is 364 g/mol. The predicted molar refractivity (Wildman–Crippen MR) is 88.0 cm³/mol. The number of para-hydroxylation sites is 1. The Bertz CT molecular complexity index is 742. The van der Waals surface area contributed by atoms with Crippen LogP contribution < -0.4 is 9.47 Å². The average molecular weight is 379 g/mol. The summed E-state index contributed by atoms with van der Waals surface area (Å²) in [7, 11) is 0. The molecule has 0 aromatic heterocycles. The van der Waals surface area contributed by atoms with Crippen molar-refractivity contribution in [2.24, 2.45) is 0 Å². The molecule has 0 aliphatic heterocycles. The smallest absolute Gasteiger partial charge is 0.352 e. The quantitative estimate of drug-likeness (QED) is 0.632. The first-order chi connectivity index (χ1) is 10.9. The average Bonchev–Trinajstić information content (AvgIpc) is 2.51. The monoisotopic (exact) mass is 378 g/mol. The topological polar surface area (TPSA) is 72.8 Å². The van der Waals surface area contributed by atoms with E-state index >= 15 is 0 Å². The van der Waals surface area contributed by atoms with E-state index in [1.165, 1.54) is 12.1 Å². The molecule has 1 N–H and O–H groups in total. The summed E-state index contributed by atoms with van der Waals surface area (Å²) in [4.78, 5) is 23.4. The number of carbonyl (C=O) groups is 2. The van der Waals surface area contributed by atoms with E-state index < -0.39 is 18.0 Å². The van der Waals surface area contributed by atoms with Crippen molar-refractivity contribution in [2.75, 3.05) is 0 Å². The van der Waals surface area contributed by atoms with E-state index in [1.807, 2.05) is 19.1 Å². The largest absolute Gasteiger partial charge is 0.479 e. The Morgan fingerprint density at radius 1 is 1.13 bits per heavy atom. The Balaban J connectivity index is 2.13. The first kappa shape index (κ1) is 17.0. The number of carboxylic acid groups (broad SMARTS) is 1. The number of esters is 1. The van der Waals surface area contributed by atoms with Gasteiger partial charge in [0.15, 0.2) is 6.10 Å². The summed E-state index contributed by atoms with van der Waals surface area (Å²) in [6, 6.07) is 11.7.